The van der Waals surface area contributed by atoms with Crippen LogP contribution in [0.4, 0.5) is 0 Å². The van der Waals surface area contributed by atoms with Crippen molar-refractivity contribution in [3.63, 3.8) is 0 Å². The highest BCUT2D eigenvalue weighted by Crippen LogP contribution is 2.15. The van der Waals surface area contributed by atoms with Crippen molar-refractivity contribution in [2.24, 2.45) is 0 Å². The number of alkyl halides is 1. The zero-order valence-corrected chi connectivity index (χ0v) is 10.5. The average Bonchev–Trinajstić information content (AvgIpc) is 2.34. The second-order valence-electron chi connectivity index (χ2n) is 3.65. The fourth-order valence-corrected chi connectivity index (χ4v) is 1.56. The first-order valence-corrected chi connectivity index (χ1v) is 6.33. The molecular formula is C14H19ClO. The van der Waals surface area contributed by atoms with Crippen LogP contribution in [-0.2, 0) is 5.88 Å². The van der Waals surface area contributed by atoms with Gasteiger partial charge < -0.3 is 4.74 Å². The van der Waals surface area contributed by atoms with Crippen LogP contribution in [0.2, 0.25) is 0 Å². The molecule has 1 nitrogen and oxygen atoms in total. The average molecular weight is 239 g/mol. The van der Waals surface area contributed by atoms with E-state index in [1.807, 2.05) is 24.3 Å². The van der Waals surface area contributed by atoms with Crippen LogP contribution in [0.1, 0.15) is 31.7 Å². The van der Waals surface area contributed by atoms with E-state index in [4.69, 9.17) is 16.3 Å². The molecule has 1 aromatic carbocycles. The zero-order chi connectivity index (χ0) is 11.6. The lowest BCUT2D eigenvalue weighted by Gasteiger charge is -2.06. The SMILES string of the molecule is CC/C=C\CCCOc1cccc(CCl)c1. The molecule has 16 heavy (non-hydrogen) atoms. The molecule has 0 aromatic heterocycles. The van der Waals surface area contributed by atoms with E-state index in [9.17, 15) is 0 Å². The molecule has 0 heterocycles. The lowest BCUT2D eigenvalue weighted by atomic mass is 10.2. The first-order valence-electron chi connectivity index (χ1n) is 5.79. The fourth-order valence-electron chi connectivity index (χ4n) is 1.39. The van der Waals surface area contributed by atoms with Crippen molar-refractivity contribution in [3.8, 4) is 5.75 Å². The summed E-state index contributed by atoms with van der Waals surface area (Å²) >= 11 is 5.75. The maximum atomic E-state index is 5.75. The van der Waals surface area contributed by atoms with E-state index in [0.29, 0.717) is 5.88 Å². The van der Waals surface area contributed by atoms with Gasteiger partial charge in [-0.05, 0) is 37.0 Å². The summed E-state index contributed by atoms with van der Waals surface area (Å²) in [5.41, 5.74) is 1.10. The van der Waals surface area contributed by atoms with E-state index in [1.54, 1.807) is 0 Å². The Morgan fingerprint density at radius 1 is 1.31 bits per heavy atom. The smallest absolute Gasteiger partial charge is 0.119 e. The highest BCUT2D eigenvalue weighted by molar-refractivity contribution is 6.17. The second kappa shape index (κ2) is 8.23. The lowest BCUT2D eigenvalue weighted by molar-refractivity contribution is 0.312. The summed E-state index contributed by atoms with van der Waals surface area (Å²) in [7, 11) is 0. The molecule has 0 fully saturated rings. The minimum absolute atomic E-state index is 0.538. The van der Waals surface area contributed by atoms with Crippen molar-refractivity contribution in [1.29, 1.82) is 0 Å². The molecule has 0 unspecified atom stereocenters. The monoisotopic (exact) mass is 238 g/mol. The molecule has 0 aliphatic carbocycles. The van der Waals surface area contributed by atoms with Gasteiger partial charge in [0.05, 0.1) is 6.61 Å². The molecule has 0 saturated heterocycles. The fraction of sp³-hybridized carbons (Fsp3) is 0.429. The number of rotatable bonds is 7. The Morgan fingerprint density at radius 3 is 2.94 bits per heavy atom. The molecule has 0 atom stereocenters. The van der Waals surface area contributed by atoms with Crippen LogP contribution in [0.3, 0.4) is 0 Å². The van der Waals surface area contributed by atoms with E-state index >= 15 is 0 Å². The van der Waals surface area contributed by atoms with Gasteiger partial charge >= 0.3 is 0 Å². The van der Waals surface area contributed by atoms with E-state index in [0.717, 1.165) is 37.2 Å². The van der Waals surface area contributed by atoms with Gasteiger partial charge in [0.1, 0.15) is 5.75 Å². The number of allylic oxidation sites excluding steroid dienone is 2. The zero-order valence-electron chi connectivity index (χ0n) is 9.79. The largest absolute Gasteiger partial charge is 0.494 e. The Hall–Kier alpha value is -0.950. The Balaban J connectivity index is 2.23. The molecule has 88 valence electrons. The standard InChI is InChI=1S/C14H19ClO/c1-2-3-4-5-6-10-16-14-9-7-8-13(11-14)12-15/h3-4,7-9,11H,2,5-6,10,12H2,1H3/b4-3-. The van der Waals surface area contributed by atoms with Gasteiger partial charge in [-0.25, -0.2) is 0 Å². The van der Waals surface area contributed by atoms with E-state index in [1.165, 1.54) is 0 Å². The summed E-state index contributed by atoms with van der Waals surface area (Å²) in [6, 6.07) is 7.95. The van der Waals surface area contributed by atoms with Crippen molar-refractivity contribution >= 4 is 11.6 Å². The minimum Gasteiger partial charge on any atom is -0.494 e. The van der Waals surface area contributed by atoms with Gasteiger partial charge in [0, 0.05) is 5.88 Å². The summed E-state index contributed by atoms with van der Waals surface area (Å²) in [6.45, 7) is 2.91. The molecule has 1 rings (SSSR count). The highest BCUT2D eigenvalue weighted by Gasteiger charge is 1.95. The summed E-state index contributed by atoms with van der Waals surface area (Å²) in [4.78, 5) is 0. The van der Waals surface area contributed by atoms with Gasteiger partial charge in [0.2, 0.25) is 0 Å². The van der Waals surface area contributed by atoms with Crippen LogP contribution in [0.15, 0.2) is 36.4 Å². The summed E-state index contributed by atoms with van der Waals surface area (Å²) < 4.78 is 5.64. The summed E-state index contributed by atoms with van der Waals surface area (Å²) in [5, 5.41) is 0. The second-order valence-corrected chi connectivity index (χ2v) is 3.92. The highest BCUT2D eigenvalue weighted by atomic mass is 35.5. The van der Waals surface area contributed by atoms with Gasteiger partial charge in [0.15, 0.2) is 0 Å². The Morgan fingerprint density at radius 2 is 2.19 bits per heavy atom. The number of halogens is 1. The quantitative estimate of drug-likeness (QED) is 0.385. The molecule has 0 radical (unpaired) electrons. The minimum atomic E-state index is 0.538. The molecule has 0 spiro atoms. The number of benzene rings is 1. The first-order chi connectivity index (χ1) is 7.86. The van der Waals surface area contributed by atoms with E-state index in [-0.39, 0.29) is 0 Å². The van der Waals surface area contributed by atoms with E-state index < -0.39 is 0 Å². The Bertz CT molecular complexity index is 320. The topological polar surface area (TPSA) is 9.23 Å². The molecule has 0 amide bonds. The first kappa shape index (κ1) is 13.1. The molecule has 0 N–H and O–H groups in total. The molecule has 0 aliphatic rings. The van der Waals surface area contributed by atoms with Gasteiger partial charge in [-0.15, -0.1) is 11.6 Å². The summed E-state index contributed by atoms with van der Waals surface area (Å²) in [6.07, 6.45) is 7.65. The molecule has 1 aromatic rings. The number of unbranched alkanes of at least 4 members (excludes halogenated alkanes) is 1. The molecular weight excluding hydrogens is 220 g/mol. The molecule has 0 bridgehead atoms. The van der Waals surface area contributed by atoms with Crippen molar-refractivity contribution in [2.75, 3.05) is 6.61 Å². The van der Waals surface area contributed by atoms with Crippen molar-refractivity contribution in [2.45, 2.75) is 32.1 Å². The Labute approximate surface area is 103 Å². The third kappa shape index (κ3) is 5.22. The van der Waals surface area contributed by atoms with Crippen LogP contribution in [-0.4, -0.2) is 6.61 Å². The van der Waals surface area contributed by atoms with Crippen LogP contribution < -0.4 is 4.74 Å². The number of hydrogen-bond donors (Lipinski definition) is 0. The van der Waals surface area contributed by atoms with Gasteiger partial charge in [-0.3, -0.25) is 0 Å². The van der Waals surface area contributed by atoms with Gasteiger partial charge in [-0.1, -0.05) is 31.2 Å². The van der Waals surface area contributed by atoms with Crippen molar-refractivity contribution < 1.29 is 4.74 Å². The maximum Gasteiger partial charge on any atom is 0.119 e. The van der Waals surface area contributed by atoms with Crippen molar-refractivity contribution in [1.82, 2.24) is 0 Å². The third-order valence-electron chi connectivity index (χ3n) is 2.24. The summed E-state index contributed by atoms with van der Waals surface area (Å²) in [5.74, 6) is 1.45. The Kier molecular flexibility index (Phi) is 6.75. The van der Waals surface area contributed by atoms with Crippen LogP contribution in [0.25, 0.3) is 0 Å². The molecule has 0 saturated carbocycles. The van der Waals surface area contributed by atoms with Crippen LogP contribution in [0.5, 0.6) is 5.75 Å². The predicted molar refractivity (Wildman–Crippen MR) is 70.2 cm³/mol. The molecule has 0 aliphatic heterocycles. The molecule has 2 heteroatoms. The predicted octanol–water partition coefficient (Wildman–Crippen LogP) is 4.55. The number of hydrogen-bond acceptors (Lipinski definition) is 1. The normalized spacial score (nSPS) is 10.9. The lowest BCUT2D eigenvalue weighted by Crippen LogP contribution is -1.96. The number of ether oxygens (including phenoxy) is 1. The van der Waals surface area contributed by atoms with Gasteiger partial charge in [0.25, 0.3) is 0 Å². The van der Waals surface area contributed by atoms with Gasteiger partial charge in [-0.2, -0.15) is 0 Å². The van der Waals surface area contributed by atoms with Crippen LogP contribution >= 0.6 is 11.6 Å². The van der Waals surface area contributed by atoms with Crippen LogP contribution in [0, 0.1) is 0 Å². The van der Waals surface area contributed by atoms with E-state index in [2.05, 4.69) is 19.1 Å². The maximum absolute atomic E-state index is 5.75. The van der Waals surface area contributed by atoms with Crippen molar-refractivity contribution in [3.05, 3.63) is 42.0 Å². The third-order valence-corrected chi connectivity index (χ3v) is 2.55.